The molecule has 2 aromatic rings. The molecule has 0 atom stereocenters. The van der Waals surface area contributed by atoms with E-state index >= 15 is 0 Å². The Bertz CT molecular complexity index is 779. The number of pyridine rings is 1. The average Bonchev–Trinajstić information content (AvgIpc) is 2.59. The fraction of sp³-hybridized carbons (Fsp3) is 0.400. The van der Waals surface area contributed by atoms with Gasteiger partial charge in [-0.1, -0.05) is 44.2 Å². The van der Waals surface area contributed by atoms with Gasteiger partial charge in [-0.15, -0.1) is 0 Å². The number of aromatic amines is 1. The second-order valence-electron chi connectivity index (χ2n) is 7.10. The molecule has 0 spiro atoms. The Labute approximate surface area is 148 Å². The van der Waals surface area contributed by atoms with Crippen molar-refractivity contribution in [2.24, 2.45) is 5.41 Å². The minimum Gasteiger partial charge on any atom is -0.396 e. The Hall–Kier alpha value is -2.40. The van der Waals surface area contributed by atoms with E-state index in [1.54, 1.807) is 6.07 Å². The maximum Gasteiger partial charge on any atom is 0.261 e. The number of amides is 1. The van der Waals surface area contributed by atoms with Gasteiger partial charge >= 0.3 is 0 Å². The van der Waals surface area contributed by atoms with Gasteiger partial charge in [0.2, 0.25) is 0 Å². The molecule has 2 rings (SSSR count). The predicted octanol–water partition coefficient (Wildman–Crippen LogP) is 2.88. The minimum absolute atomic E-state index is 0.110. The molecule has 0 radical (unpaired) electrons. The number of rotatable bonds is 7. The number of hydrogen-bond donors (Lipinski definition) is 3. The molecule has 1 aromatic heterocycles. The number of aryl methyl sites for hydroxylation is 1. The average molecular weight is 342 g/mol. The third-order valence-corrected chi connectivity index (χ3v) is 4.31. The Balaban J connectivity index is 2.11. The van der Waals surface area contributed by atoms with Gasteiger partial charge in [-0.2, -0.15) is 0 Å². The zero-order valence-corrected chi connectivity index (χ0v) is 15.1. The molecule has 0 fully saturated rings. The lowest BCUT2D eigenvalue weighted by Crippen LogP contribution is -2.31. The van der Waals surface area contributed by atoms with Crippen LogP contribution in [0, 0.1) is 12.3 Å². The number of H-pyrrole nitrogens is 1. The lowest BCUT2D eigenvalue weighted by atomic mass is 9.89. The third-order valence-electron chi connectivity index (χ3n) is 4.31. The molecular formula is C20H26N2O3. The van der Waals surface area contributed by atoms with Crippen molar-refractivity contribution in [1.29, 1.82) is 0 Å². The summed E-state index contributed by atoms with van der Waals surface area (Å²) in [5, 5.41) is 12.0. The third kappa shape index (κ3) is 5.03. The van der Waals surface area contributed by atoms with E-state index in [2.05, 4.69) is 10.3 Å². The molecule has 0 bridgehead atoms. The van der Waals surface area contributed by atoms with E-state index in [9.17, 15) is 14.7 Å². The van der Waals surface area contributed by atoms with Crippen LogP contribution in [-0.2, 0) is 0 Å². The highest BCUT2D eigenvalue weighted by atomic mass is 16.3. The van der Waals surface area contributed by atoms with Crippen molar-refractivity contribution in [1.82, 2.24) is 10.3 Å². The zero-order chi connectivity index (χ0) is 18.4. The summed E-state index contributed by atoms with van der Waals surface area (Å²) in [6.45, 7) is 6.36. The molecule has 0 aliphatic rings. The molecule has 0 unspecified atom stereocenters. The molecule has 5 heteroatoms. The van der Waals surface area contributed by atoms with E-state index < -0.39 is 0 Å². The highest BCUT2D eigenvalue weighted by molar-refractivity contribution is 5.95. The molecule has 0 aliphatic carbocycles. The van der Waals surface area contributed by atoms with E-state index in [0.29, 0.717) is 6.54 Å². The van der Waals surface area contributed by atoms with Crippen LogP contribution in [-0.4, -0.2) is 29.1 Å². The monoisotopic (exact) mass is 342 g/mol. The van der Waals surface area contributed by atoms with Gasteiger partial charge in [0.05, 0.1) is 0 Å². The number of hydrogen-bond acceptors (Lipinski definition) is 3. The summed E-state index contributed by atoms with van der Waals surface area (Å²) >= 11 is 0. The highest BCUT2D eigenvalue weighted by Crippen LogP contribution is 2.22. The van der Waals surface area contributed by atoms with Crippen LogP contribution in [0.25, 0.3) is 11.1 Å². The summed E-state index contributed by atoms with van der Waals surface area (Å²) < 4.78 is 0. The maximum atomic E-state index is 12.4. The number of aromatic nitrogens is 1. The smallest absolute Gasteiger partial charge is 0.261 e. The van der Waals surface area contributed by atoms with Crippen LogP contribution in [0.3, 0.4) is 0 Å². The first-order valence-electron chi connectivity index (χ1n) is 8.52. The van der Waals surface area contributed by atoms with Gasteiger partial charge in [0.1, 0.15) is 5.56 Å². The van der Waals surface area contributed by atoms with Gasteiger partial charge in [0.25, 0.3) is 11.5 Å². The summed E-state index contributed by atoms with van der Waals surface area (Å²) in [7, 11) is 0. The highest BCUT2D eigenvalue weighted by Gasteiger charge is 2.17. The molecule has 5 nitrogen and oxygen atoms in total. The molecule has 134 valence electrons. The van der Waals surface area contributed by atoms with Crippen molar-refractivity contribution in [3.8, 4) is 11.1 Å². The molecule has 1 heterocycles. The topological polar surface area (TPSA) is 82.2 Å². The van der Waals surface area contributed by atoms with E-state index in [1.165, 1.54) is 0 Å². The Morgan fingerprint density at radius 1 is 1.24 bits per heavy atom. The van der Waals surface area contributed by atoms with E-state index in [4.69, 9.17) is 0 Å². The summed E-state index contributed by atoms with van der Waals surface area (Å²) in [6, 6.07) is 11.3. The molecular weight excluding hydrogens is 316 g/mol. The van der Waals surface area contributed by atoms with Crippen LogP contribution in [0.1, 0.15) is 42.7 Å². The fourth-order valence-corrected chi connectivity index (χ4v) is 2.65. The number of aliphatic hydroxyl groups is 1. The van der Waals surface area contributed by atoms with E-state index in [1.807, 2.05) is 51.1 Å². The van der Waals surface area contributed by atoms with Crippen LogP contribution in [0.5, 0.6) is 0 Å². The number of aliphatic hydroxyl groups excluding tert-OH is 1. The minimum atomic E-state index is -0.384. The van der Waals surface area contributed by atoms with Crippen molar-refractivity contribution >= 4 is 5.91 Å². The molecule has 0 saturated carbocycles. The molecule has 1 aromatic carbocycles. The SMILES string of the molecule is Cc1[nH]c(=O)c(C(=O)NCCCC(C)(C)CO)cc1-c1ccccc1. The van der Waals surface area contributed by atoms with E-state index in [-0.39, 0.29) is 29.1 Å². The van der Waals surface area contributed by atoms with Gasteiger partial charge in [-0.3, -0.25) is 9.59 Å². The standard InChI is InChI=1S/C20H26N2O3/c1-14-16(15-8-5-4-6-9-15)12-17(19(25)22-14)18(24)21-11-7-10-20(2,3)13-23/h4-6,8-9,12,23H,7,10-11,13H2,1-3H3,(H,21,24)(H,22,25). The Kier molecular flexibility index (Phi) is 6.15. The molecule has 25 heavy (non-hydrogen) atoms. The predicted molar refractivity (Wildman–Crippen MR) is 99.7 cm³/mol. The first kappa shape index (κ1) is 18.9. The molecule has 0 aliphatic heterocycles. The summed E-state index contributed by atoms with van der Waals surface area (Å²) in [5.74, 6) is -0.375. The fourth-order valence-electron chi connectivity index (χ4n) is 2.65. The van der Waals surface area contributed by atoms with Crippen molar-refractivity contribution in [2.75, 3.05) is 13.2 Å². The first-order valence-corrected chi connectivity index (χ1v) is 8.52. The van der Waals surface area contributed by atoms with E-state index in [0.717, 1.165) is 29.7 Å². The Morgan fingerprint density at radius 3 is 2.56 bits per heavy atom. The van der Waals surface area contributed by atoms with Crippen LogP contribution >= 0.6 is 0 Å². The summed E-state index contributed by atoms with van der Waals surface area (Å²) in [5.41, 5.74) is 2.10. The van der Waals surface area contributed by atoms with Gasteiger partial charge in [0.15, 0.2) is 0 Å². The molecule has 1 amide bonds. The number of nitrogens with one attached hydrogen (secondary N) is 2. The Morgan fingerprint density at radius 2 is 1.92 bits per heavy atom. The molecule has 0 saturated heterocycles. The quantitative estimate of drug-likeness (QED) is 0.677. The number of carbonyl (C=O) groups is 1. The largest absolute Gasteiger partial charge is 0.396 e. The van der Waals surface area contributed by atoms with Gasteiger partial charge in [-0.25, -0.2) is 0 Å². The lowest BCUT2D eigenvalue weighted by Gasteiger charge is -2.21. The van der Waals surface area contributed by atoms with Crippen molar-refractivity contribution < 1.29 is 9.90 Å². The summed E-state index contributed by atoms with van der Waals surface area (Å²) in [6.07, 6.45) is 1.54. The first-order chi connectivity index (χ1) is 11.8. The van der Waals surface area contributed by atoms with Crippen LogP contribution in [0.15, 0.2) is 41.2 Å². The van der Waals surface area contributed by atoms with Crippen LogP contribution in [0.4, 0.5) is 0 Å². The van der Waals surface area contributed by atoms with Crippen molar-refractivity contribution in [3.63, 3.8) is 0 Å². The van der Waals surface area contributed by atoms with Gasteiger partial charge in [0, 0.05) is 24.4 Å². The zero-order valence-electron chi connectivity index (χ0n) is 15.1. The maximum absolute atomic E-state index is 12.4. The van der Waals surface area contributed by atoms with Crippen LogP contribution in [0.2, 0.25) is 0 Å². The number of carbonyl (C=O) groups excluding carboxylic acids is 1. The van der Waals surface area contributed by atoms with Crippen LogP contribution < -0.4 is 10.9 Å². The second kappa shape index (κ2) is 8.12. The van der Waals surface area contributed by atoms with Crippen molar-refractivity contribution in [3.05, 3.63) is 58.0 Å². The summed E-state index contributed by atoms with van der Waals surface area (Å²) in [4.78, 5) is 27.3. The number of benzene rings is 1. The van der Waals surface area contributed by atoms with Crippen molar-refractivity contribution in [2.45, 2.75) is 33.6 Å². The van der Waals surface area contributed by atoms with Gasteiger partial charge < -0.3 is 15.4 Å². The molecule has 3 N–H and O–H groups in total. The second-order valence-corrected chi connectivity index (χ2v) is 7.10. The van der Waals surface area contributed by atoms with Gasteiger partial charge in [-0.05, 0) is 36.8 Å². The normalized spacial score (nSPS) is 11.4. The lowest BCUT2D eigenvalue weighted by molar-refractivity contribution is 0.0947.